The predicted octanol–water partition coefficient (Wildman–Crippen LogP) is 3.70. The highest BCUT2D eigenvalue weighted by Crippen LogP contribution is 2.22. The Kier molecular flexibility index (Phi) is 8.02. The number of piperidine rings is 1. The summed E-state index contributed by atoms with van der Waals surface area (Å²) in [6.07, 6.45) is 3.87. The summed E-state index contributed by atoms with van der Waals surface area (Å²) in [4.78, 5) is 19.9. The van der Waals surface area contributed by atoms with Crippen molar-refractivity contribution in [2.24, 2.45) is 0 Å². The van der Waals surface area contributed by atoms with E-state index in [0.717, 1.165) is 57.3 Å². The number of piperazine rings is 1. The van der Waals surface area contributed by atoms with Gasteiger partial charge in [-0.3, -0.25) is 14.6 Å². The minimum atomic E-state index is -0.139. The lowest BCUT2D eigenvalue weighted by Crippen LogP contribution is -2.53. The highest BCUT2D eigenvalue weighted by atomic mass is 16.5. The number of hydrogen-bond acceptors (Lipinski definition) is 5. The van der Waals surface area contributed by atoms with Gasteiger partial charge in [-0.1, -0.05) is 18.2 Å². The molecule has 1 atom stereocenters. The van der Waals surface area contributed by atoms with Crippen LogP contribution in [-0.4, -0.2) is 74.2 Å². The van der Waals surface area contributed by atoms with Gasteiger partial charge in [0.25, 0.3) is 0 Å². The van der Waals surface area contributed by atoms with E-state index in [1.165, 1.54) is 24.9 Å². The van der Waals surface area contributed by atoms with Crippen LogP contribution >= 0.6 is 0 Å². The molecule has 2 heterocycles. The molecule has 1 amide bonds. The Bertz CT molecular complexity index is 829. The van der Waals surface area contributed by atoms with Gasteiger partial charge in [-0.2, -0.15) is 0 Å². The van der Waals surface area contributed by atoms with Gasteiger partial charge >= 0.3 is 0 Å². The van der Waals surface area contributed by atoms with Crippen molar-refractivity contribution in [1.82, 2.24) is 9.80 Å². The summed E-state index contributed by atoms with van der Waals surface area (Å²) in [5.74, 6) is 0.983. The molecule has 0 aromatic heterocycles. The van der Waals surface area contributed by atoms with Crippen molar-refractivity contribution in [3.05, 3.63) is 54.6 Å². The van der Waals surface area contributed by atoms with Crippen molar-refractivity contribution in [3.8, 4) is 5.75 Å². The molecule has 1 unspecified atom stereocenters. The number of nitrogens with zero attached hydrogens (tertiary/aromatic N) is 3. The molecule has 2 aromatic carbocycles. The highest BCUT2D eigenvalue weighted by molar-refractivity contribution is 5.94. The lowest BCUT2D eigenvalue weighted by atomic mass is 10.1. The Labute approximate surface area is 192 Å². The van der Waals surface area contributed by atoms with Gasteiger partial charge in [-0.25, -0.2) is 0 Å². The minimum Gasteiger partial charge on any atom is -0.492 e. The van der Waals surface area contributed by atoms with Gasteiger partial charge in [0, 0.05) is 57.2 Å². The van der Waals surface area contributed by atoms with E-state index in [1.54, 1.807) is 0 Å². The maximum atomic E-state index is 12.8. The van der Waals surface area contributed by atoms with E-state index >= 15 is 0 Å². The van der Waals surface area contributed by atoms with Crippen LogP contribution in [0.4, 0.5) is 11.4 Å². The number of hydrogen-bond donors (Lipinski definition) is 1. The summed E-state index contributed by atoms with van der Waals surface area (Å²) in [5, 5.41) is 3.10. The normalized spacial score (nSPS) is 18.8. The molecular formula is C26H36N4O2. The van der Waals surface area contributed by atoms with E-state index < -0.39 is 0 Å². The molecular weight excluding hydrogens is 400 g/mol. The molecule has 2 saturated heterocycles. The number of rotatable bonds is 8. The molecule has 2 aromatic rings. The average Bonchev–Trinajstić information content (AvgIpc) is 2.86. The molecule has 6 heteroatoms. The molecule has 2 aliphatic rings. The first-order chi connectivity index (χ1) is 15.7. The van der Waals surface area contributed by atoms with E-state index in [-0.39, 0.29) is 11.9 Å². The fraction of sp³-hybridized carbons (Fsp3) is 0.500. The first-order valence-corrected chi connectivity index (χ1v) is 12.0. The van der Waals surface area contributed by atoms with Crippen LogP contribution in [0.15, 0.2) is 54.6 Å². The van der Waals surface area contributed by atoms with Gasteiger partial charge in [0.1, 0.15) is 12.4 Å². The van der Waals surface area contributed by atoms with Gasteiger partial charge in [-0.05, 0) is 62.6 Å². The van der Waals surface area contributed by atoms with Gasteiger partial charge in [0.05, 0.1) is 6.04 Å². The van der Waals surface area contributed by atoms with Crippen LogP contribution in [0.25, 0.3) is 0 Å². The largest absolute Gasteiger partial charge is 0.492 e. The first-order valence-electron chi connectivity index (χ1n) is 12.0. The zero-order valence-electron chi connectivity index (χ0n) is 19.2. The molecule has 0 aliphatic carbocycles. The van der Waals surface area contributed by atoms with Gasteiger partial charge in [-0.15, -0.1) is 0 Å². The van der Waals surface area contributed by atoms with Crippen molar-refractivity contribution >= 4 is 17.3 Å². The predicted molar refractivity (Wildman–Crippen MR) is 131 cm³/mol. The Hall–Kier alpha value is -2.57. The first kappa shape index (κ1) is 22.6. The molecule has 0 spiro atoms. The number of anilines is 2. The molecule has 2 aliphatic heterocycles. The fourth-order valence-electron chi connectivity index (χ4n) is 4.50. The lowest BCUT2D eigenvalue weighted by molar-refractivity contribution is -0.121. The second kappa shape index (κ2) is 11.3. The molecule has 0 saturated carbocycles. The van der Waals surface area contributed by atoms with Crippen LogP contribution in [0.2, 0.25) is 0 Å². The maximum absolute atomic E-state index is 12.8. The molecule has 4 rings (SSSR count). The summed E-state index contributed by atoms with van der Waals surface area (Å²) >= 11 is 0. The third kappa shape index (κ3) is 6.24. The van der Waals surface area contributed by atoms with E-state index in [4.69, 9.17) is 4.74 Å². The third-order valence-electron chi connectivity index (χ3n) is 6.61. The van der Waals surface area contributed by atoms with Crippen LogP contribution in [0.1, 0.15) is 26.2 Å². The molecule has 0 radical (unpaired) electrons. The summed E-state index contributed by atoms with van der Waals surface area (Å²) in [5.41, 5.74) is 2.13. The molecule has 6 nitrogen and oxygen atoms in total. The van der Waals surface area contributed by atoms with Crippen molar-refractivity contribution in [1.29, 1.82) is 0 Å². The number of ether oxygens (including phenoxy) is 1. The Morgan fingerprint density at radius 1 is 0.906 bits per heavy atom. The number of nitrogens with one attached hydrogen (secondary N) is 1. The Morgan fingerprint density at radius 2 is 1.59 bits per heavy atom. The molecule has 2 fully saturated rings. The smallest absolute Gasteiger partial charge is 0.241 e. The SMILES string of the molecule is CC(C(=O)Nc1ccc(N2CCCCC2)cc1)N1CCN(CCOc2ccccc2)CC1. The second-order valence-electron chi connectivity index (χ2n) is 8.80. The minimum absolute atomic E-state index is 0.0663. The summed E-state index contributed by atoms with van der Waals surface area (Å²) in [6.45, 7) is 9.58. The van der Waals surface area contributed by atoms with Crippen LogP contribution in [0, 0.1) is 0 Å². The number of para-hydroxylation sites is 1. The topological polar surface area (TPSA) is 48.1 Å². The van der Waals surface area contributed by atoms with Crippen molar-refractivity contribution in [2.45, 2.75) is 32.2 Å². The van der Waals surface area contributed by atoms with Crippen LogP contribution < -0.4 is 15.0 Å². The average molecular weight is 437 g/mol. The maximum Gasteiger partial charge on any atom is 0.241 e. The quantitative estimate of drug-likeness (QED) is 0.684. The molecule has 1 N–H and O–H groups in total. The Balaban J connectivity index is 1.18. The summed E-state index contributed by atoms with van der Waals surface area (Å²) in [6, 6.07) is 18.1. The number of carbonyl (C=O) groups is 1. The molecule has 32 heavy (non-hydrogen) atoms. The van der Waals surface area contributed by atoms with Crippen molar-refractivity contribution in [2.75, 3.05) is 62.6 Å². The fourth-order valence-corrected chi connectivity index (χ4v) is 4.50. The van der Waals surface area contributed by atoms with E-state index in [1.807, 2.05) is 49.4 Å². The van der Waals surface area contributed by atoms with E-state index in [9.17, 15) is 4.79 Å². The van der Waals surface area contributed by atoms with Gasteiger partial charge in [0.2, 0.25) is 5.91 Å². The van der Waals surface area contributed by atoms with E-state index in [2.05, 4.69) is 32.1 Å². The van der Waals surface area contributed by atoms with Gasteiger partial charge < -0.3 is 15.0 Å². The monoisotopic (exact) mass is 436 g/mol. The highest BCUT2D eigenvalue weighted by Gasteiger charge is 2.25. The van der Waals surface area contributed by atoms with Gasteiger partial charge in [0.15, 0.2) is 0 Å². The molecule has 172 valence electrons. The lowest BCUT2D eigenvalue weighted by Gasteiger charge is -2.37. The Morgan fingerprint density at radius 3 is 2.28 bits per heavy atom. The summed E-state index contributed by atoms with van der Waals surface area (Å²) in [7, 11) is 0. The van der Waals surface area contributed by atoms with Crippen LogP contribution in [0.3, 0.4) is 0 Å². The number of carbonyl (C=O) groups excluding carboxylic acids is 1. The van der Waals surface area contributed by atoms with Crippen molar-refractivity contribution in [3.63, 3.8) is 0 Å². The second-order valence-corrected chi connectivity index (χ2v) is 8.80. The number of amides is 1. The molecule has 0 bridgehead atoms. The van der Waals surface area contributed by atoms with Crippen LogP contribution in [-0.2, 0) is 4.79 Å². The summed E-state index contributed by atoms with van der Waals surface area (Å²) < 4.78 is 5.81. The number of benzene rings is 2. The van der Waals surface area contributed by atoms with Crippen LogP contribution in [0.5, 0.6) is 5.75 Å². The standard InChI is InChI=1S/C26H36N4O2/c1-22(26(31)27-23-10-12-24(13-11-23)30-14-6-3-7-15-30)29-18-16-28(17-19-29)20-21-32-25-8-4-2-5-9-25/h2,4-5,8-13,22H,3,6-7,14-21H2,1H3,(H,27,31). The zero-order valence-corrected chi connectivity index (χ0v) is 19.2. The van der Waals surface area contributed by atoms with Crippen molar-refractivity contribution < 1.29 is 9.53 Å². The zero-order chi connectivity index (χ0) is 22.2. The van der Waals surface area contributed by atoms with E-state index in [0.29, 0.717) is 6.61 Å². The third-order valence-corrected chi connectivity index (χ3v) is 6.61.